The Morgan fingerprint density at radius 2 is 0.891 bits per heavy atom. The summed E-state index contributed by atoms with van der Waals surface area (Å²) in [6, 6.07) is 76.8. The fourth-order valence-corrected chi connectivity index (χ4v) is 8.39. The van der Waals surface area contributed by atoms with Gasteiger partial charge in [-0.3, -0.25) is 4.57 Å². The lowest BCUT2D eigenvalue weighted by atomic mass is 9.84. The average molecular weight is 697 g/mol. The Balaban J connectivity index is 1.12. The highest BCUT2D eigenvalue weighted by Crippen LogP contribution is 2.45. The molecule has 0 aliphatic carbocycles. The molecule has 0 spiro atoms. The second kappa shape index (κ2) is 12.6. The van der Waals surface area contributed by atoms with Crippen LogP contribution in [0.4, 0.5) is 0 Å². The molecule has 11 rings (SSSR count). The molecule has 0 fully saturated rings. The minimum atomic E-state index is 0.846. The third-order valence-electron chi connectivity index (χ3n) is 11.0. The van der Waals surface area contributed by atoms with Crippen LogP contribution in [0, 0.1) is 12.1 Å². The normalized spacial score (nSPS) is 11.5. The summed E-state index contributed by atoms with van der Waals surface area (Å²) in [5.41, 5.74) is 10.9. The third kappa shape index (κ3) is 5.17. The summed E-state index contributed by atoms with van der Waals surface area (Å²) in [5, 5.41) is 9.84. The van der Waals surface area contributed by atoms with Gasteiger partial charge in [-0.25, -0.2) is 4.98 Å². The van der Waals surface area contributed by atoms with Crippen molar-refractivity contribution in [2.75, 3.05) is 0 Å². The van der Waals surface area contributed by atoms with Gasteiger partial charge in [-0.1, -0.05) is 152 Å². The van der Waals surface area contributed by atoms with Crippen molar-refractivity contribution in [2.24, 2.45) is 0 Å². The van der Waals surface area contributed by atoms with Gasteiger partial charge in [0.25, 0.3) is 0 Å². The first-order valence-electron chi connectivity index (χ1n) is 18.7. The van der Waals surface area contributed by atoms with Crippen molar-refractivity contribution >= 4 is 54.1 Å². The first kappa shape index (κ1) is 31.1. The average Bonchev–Trinajstić information content (AvgIpc) is 3.65. The van der Waals surface area contributed by atoms with Crippen molar-refractivity contribution in [3.8, 4) is 50.5 Å². The molecule has 10 aromatic carbocycles. The molecule has 0 radical (unpaired) electrons. The molecule has 0 aliphatic heterocycles. The van der Waals surface area contributed by atoms with Gasteiger partial charge in [0.15, 0.2) is 5.82 Å². The van der Waals surface area contributed by atoms with Crippen molar-refractivity contribution in [1.29, 1.82) is 0 Å². The molecule has 0 saturated heterocycles. The molecular formula is C53H32N2. The maximum Gasteiger partial charge on any atom is 0.154 e. The van der Waals surface area contributed by atoms with Crippen LogP contribution in [0.5, 0.6) is 0 Å². The molecule has 1 aromatic heterocycles. The summed E-state index contributed by atoms with van der Waals surface area (Å²) >= 11 is 0. The van der Waals surface area contributed by atoms with Gasteiger partial charge < -0.3 is 0 Å². The molecule has 0 unspecified atom stereocenters. The number of fused-ring (bicyclic) bond motifs is 5. The van der Waals surface area contributed by atoms with Gasteiger partial charge >= 0.3 is 0 Å². The zero-order valence-corrected chi connectivity index (χ0v) is 29.9. The first-order valence-corrected chi connectivity index (χ1v) is 18.7. The summed E-state index contributed by atoms with van der Waals surface area (Å²) < 4.78 is 2.21. The Bertz CT molecular complexity index is 3240. The van der Waals surface area contributed by atoms with Crippen LogP contribution in [0.15, 0.2) is 194 Å². The van der Waals surface area contributed by atoms with Crippen molar-refractivity contribution in [3.05, 3.63) is 206 Å². The smallest absolute Gasteiger partial charge is 0.154 e. The minimum absolute atomic E-state index is 0.846. The lowest BCUT2D eigenvalue weighted by Crippen LogP contribution is -1.96. The summed E-state index contributed by atoms with van der Waals surface area (Å²) in [7, 11) is 0. The van der Waals surface area contributed by atoms with Gasteiger partial charge in [-0.15, -0.1) is 0 Å². The largest absolute Gasteiger partial charge is 0.292 e. The molecule has 0 N–H and O–H groups in total. The Morgan fingerprint density at radius 3 is 1.56 bits per heavy atom. The monoisotopic (exact) mass is 696 g/mol. The Kier molecular flexibility index (Phi) is 7.12. The Hall–Kier alpha value is -7.47. The number of hydrogen-bond acceptors (Lipinski definition) is 1. The van der Waals surface area contributed by atoms with Gasteiger partial charge in [0.1, 0.15) is 0 Å². The number of aromatic nitrogens is 2. The van der Waals surface area contributed by atoms with Crippen LogP contribution in [0.2, 0.25) is 0 Å². The van der Waals surface area contributed by atoms with Gasteiger partial charge in [-0.2, -0.15) is 0 Å². The topological polar surface area (TPSA) is 17.8 Å². The summed E-state index contributed by atoms with van der Waals surface area (Å²) in [4.78, 5) is 5.07. The molecule has 11 aromatic rings. The van der Waals surface area contributed by atoms with E-state index in [2.05, 4.69) is 199 Å². The quantitative estimate of drug-likeness (QED) is 0.164. The van der Waals surface area contributed by atoms with E-state index in [1.165, 1.54) is 65.3 Å². The lowest BCUT2D eigenvalue weighted by Gasteiger charge is -2.19. The second-order valence-corrected chi connectivity index (χ2v) is 14.2. The van der Waals surface area contributed by atoms with E-state index in [0.29, 0.717) is 0 Å². The summed E-state index contributed by atoms with van der Waals surface area (Å²) in [6.07, 6.45) is 0. The van der Waals surface area contributed by atoms with Crippen LogP contribution < -0.4 is 0 Å². The molecule has 0 saturated carbocycles. The number of para-hydroxylation sites is 3. The van der Waals surface area contributed by atoms with Crippen LogP contribution in [0.3, 0.4) is 0 Å². The number of benzene rings is 9. The van der Waals surface area contributed by atoms with Crippen molar-refractivity contribution in [3.63, 3.8) is 0 Å². The minimum Gasteiger partial charge on any atom is -0.292 e. The fourth-order valence-electron chi connectivity index (χ4n) is 8.39. The molecule has 254 valence electrons. The lowest BCUT2D eigenvalue weighted by molar-refractivity contribution is 1.10. The number of imidazole rings is 1. The van der Waals surface area contributed by atoms with E-state index < -0.39 is 0 Å². The second-order valence-electron chi connectivity index (χ2n) is 14.2. The van der Waals surface area contributed by atoms with E-state index >= 15 is 0 Å². The standard InChI is InChI=1S/C53H32N2/c1-2-16-44(17-3-1)55-50-21-11-10-20-49(50)54-53(55)38-26-22-37(23-27-38)41-30-31-47-48(34-41)52(43-29-25-36-13-5-7-15-40(36)33-43)46-19-9-8-18-45(46)51(47)42-28-24-35-12-4-6-14-39(35)32-42/h1-22,24-26,28-34H. The highest BCUT2D eigenvalue weighted by atomic mass is 15.1. The van der Waals surface area contributed by atoms with E-state index in [9.17, 15) is 0 Å². The van der Waals surface area contributed by atoms with Crippen molar-refractivity contribution in [1.82, 2.24) is 9.55 Å². The van der Waals surface area contributed by atoms with Crippen molar-refractivity contribution in [2.45, 2.75) is 0 Å². The SMILES string of the molecule is c1c(-c2ccc3c(-c4ccc5ccccc5c4)c4ccccc4c(-c4ccc5ccccc5c4)c3c2)ccc(-c2nc3ccccc3n2-c2ccccc2)c#1. The van der Waals surface area contributed by atoms with Gasteiger partial charge in [0.2, 0.25) is 0 Å². The predicted octanol–water partition coefficient (Wildman–Crippen LogP) is 13.9. The maximum atomic E-state index is 5.07. The molecule has 55 heavy (non-hydrogen) atoms. The fraction of sp³-hybridized carbons (Fsp3) is 0. The highest BCUT2D eigenvalue weighted by molar-refractivity contribution is 6.22. The summed E-state index contributed by atoms with van der Waals surface area (Å²) in [5.74, 6) is 0.846. The van der Waals surface area contributed by atoms with E-state index in [4.69, 9.17) is 4.98 Å². The first-order chi connectivity index (χ1) is 27.3. The van der Waals surface area contributed by atoms with E-state index in [1.807, 2.05) is 12.1 Å². The van der Waals surface area contributed by atoms with Gasteiger partial charge in [-0.05, 0) is 126 Å². The van der Waals surface area contributed by atoms with Gasteiger partial charge in [0, 0.05) is 11.3 Å². The molecular weight excluding hydrogens is 665 g/mol. The van der Waals surface area contributed by atoms with Crippen LogP contribution in [-0.4, -0.2) is 9.55 Å². The number of nitrogens with zero attached hydrogens (tertiary/aromatic N) is 2. The maximum absolute atomic E-state index is 5.07. The molecule has 1 heterocycles. The van der Waals surface area contributed by atoms with Crippen LogP contribution >= 0.6 is 0 Å². The third-order valence-corrected chi connectivity index (χ3v) is 11.0. The van der Waals surface area contributed by atoms with E-state index in [1.54, 1.807) is 0 Å². The van der Waals surface area contributed by atoms with Crippen LogP contribution in [0.25, 0.3) is 105 Å². The van der Waals surface area contributed by atoms with Crippen LogP contribution in [0.1, 0.15) is 0 Å². The van der Waals surface area contributed by atoms with E-state index in [-0.39, 0.29) is 0 Å². The highest BCUT2D eigenvalue weighted by Gasteiger charge is 2.19. The predicted molar refractivity (Wildman–Crippen MR) is 231 cm³/mol. The van der Waals surface area contributed by atoms with Crippen LogP contribution in [-0.2, 0) is 0 Å². The van der Waals surface area contributed by atoms with Gasteiger partial charge in [0.05, 0.1) is 16.6 Å². The zero-order valence-electron chi connectivity index (χ0n) is 29.9. The molecule has 0 atom stereocenters. The molecule has 0 aliphatic rings. The summed E-state index contributed by atoms with van der Waals surface area (Å²) in [6.45, 7) is 0. The molecule has 0 amide bonds. The molecule has 2 heteroatoms. The van der Waals surface area contributed by atoms with E-state index in [0.717, 1.165) is 39.2 Å². The Morgan fingerprint density at radius 1 is 0.364 bits per heavy atom. The zero-order chi connectivity index (χ0) is 36.3. The molecule has 0 bridgehead atoms. The Labute approximate surface area is 319 Å². The number of rotatable bonds is 5. The molecule has 2 nitrogen and oxygen atoms in total. The number of hydrogen-bond donors (Lipinski definition) is 0. The van der Waals surface area contributed by atoms with Crippen molar-refractivity contribution < 1.29 is 0 Å².